The minimum absolute atomic E-state index is 0.152. The van der Waals surface area contributed by atoms with Crippen molar-refractivity contribution < 1.29 is 9.18 Å². The van der Waals surface area contributed by atoms with E-state index in [9.17, 15) is 9.18 Å². The highest BCUT2D eigenvalue weighted by Crippen LogP contribution is 2.47. The summed E-state index contributed by atoms with van der Waals surface area (Å²) in [5, 5.41) is 6.31. The first kappa shape index (κ1) is 16.4. The Morgan fingerprint density at radius 2 is 2.00 bits per heavy atom. The van der Waals surface area contributed by atoms with Gasteiger partial charge in [0.1, 0.15) is 5.82 Å². The van der Waals surface area contributed by atoms with E-state index in [1.807, 2.05) is 19.2 Å². The van der Waals surface area contributed by atoms with Crippen LogP contribution < -0.4 is 10.6 Å². The van der Waals surface area contributed by atoms with Crippen molar-refractivity contribution in [3.05, 3.63) is 35.6 Å². The molecule has 2 aliphatic rings. The molecule has 2 N–H and O–H groups in total. The minimum Gasteiger partial charge on any atom is -0.355 e. The van der Waals surface area contributed by atoms with E-state index in [0.29, 0.717) is 12.6 Å². The molecular formula is C18H26FN3O. The summed E-state index contributed by atoms with van der Waals surface area (Å²) in [6, 6.07) is 7.11. The molecule has 2 saturated heterocycles. The summed E-state index contributed by atoms with van der Waals surface area (Å²) in [7, 11) is 1.98. The molecule has 1 amide bonds. The molecule has 1 aromatic carbocycles. The second-order valence-electron chi connectivity index (χ2n) is 6.96. The SMILES string of the molecule is CNC(C)CN1CCC2(CC1)C(=O)NCC2c1ccc(F)cc1. The highest BCUT2D eigenvalue weighted by atomic mass is 19.1. The molecule has 3 rings (SSSR count). The van der Waals surface area contributed by atoms with Gasteiger partial charge in [-0.3, -0.25) is 4.79 Å². The number of hydrogen-bond acceptors (Lipinski definition) is 3. The lowest BCUT2D eigenvalue weighted by molar-refractivity contribution is -0.130. The molecule has 126 valence electrons. The van der Waals surface area contributed by atoms with Crippen LogP contribution in [-0.4, -0.2) is 50.1 Å². The number of hydrogen-bond donors (Lipinski definition) is 2. The van der Waals surface area contributed by atoms with Gasteiger partial charge in [0, 0.05) is 25.0 Å². The maximum absolute atomic E-state index is 13.2. The van der Waals surface area contributed by atoms with Crippen LogP contribution in [0.3, 0.4) is 0 Å². The number of amides is 1. The minimum atomic E-state index is -0.322. The lowest BCUT2D eigenvalue weighted by atomic mass is 9.68. The molecule has 23 heavy (non-hydrogen) atoms. The molecule has 2 aliphatic heterocycles. The molecule has 0 aliphatic carbocycles. The molecule has 0 bridgehead atoms. The van der Waals surface area contributed by atoms with E-state index in [4.69, 9.17) is 0 Å². The number of benzene rings is 1. The molecule has 0 saturated carbocycles. The molecule has 0 radical (unpaired) electrons. The number of nitrogens with one attached hydrogen (secondary N) is 2. The number of halogens is 1. The van der Waals surface area contributed by atoms with E-state index < -0.39 is 0 Å². The first-order valence-corrected chi connectivity index (χ1v) is 8.48. The first-order valence-electron chi connectivity index (χ1n) is 8.48. The van der Waals surface area contributed by atoms with Gasteiger partial charge >= 0.3 is 0 Å². The Morgan fingerprint density at radius 3 is 2.61 bits per heavy atom. The van der Waals surface area contributed by atoms with Gasteiger partial charge < -0.3 is 15.5 Å². The average molecular weight is 319 g/mol. The Hall–Kier alpha value is -1.46. The summed E-state index contributed by atoms with van der Waals surface area (Å²) in [5.41, 5.74) is 0.749. The van der Waals surface area contributed by atoms with Crippen LogP contribution in [0.15, 0.2) is 24.3 Å². The van der Waals surface area contributed by atoms with E-state index in [1.54, 1.807) is 0 Å². The fraction of sp³-hybridized carbons (Fsp3) is 0.611. The van der Waals surface area contributed by atoms with Crippen LogP contribution >= 0.6 is 0 Å². The zero-order valence-electron chi connectivity index (χ0n) is 13.9. The number of nitrogens with zero attached hydrogens (tertiary/aromatic N) is 1. The Labute approximate surface area is 137 Å². The van der Waals surface area contributed by atoms with Gasteiger partial charge in [0.05, 0.1) is 5.41 Å². The van der Waals surface area contributed by atoms with Crippen LogP contribution in [0.4, 0.5) is 4.39 Å². The van der Waals surface area contributed by atoms with Gasteiger partial charge in [-0.25, -0.2) is 4.39 Å². The summed E-state index contributed by atoms with van der Waals surface area (Å²) < 4.78 is 13.2. The van der Waals surface area contributed by atoms with Crippen molar-refractivity contribution in [1.82, 2.24) is 15.5 Å². The molecule has 2 atom stereocenters. The van der Waals surface area contributed by atoms with E-state index in [1.165, 1.54) is 12.1 Å². The van der Waals surface area contributed by atoms with Crippen LogP contribution in [0, 0.1) is 11.2 Å². The Bertz CT molecular complexity index is 552. The van der Waals surface area contributed by atoms with Gasteiger partial charge in [-0.2, -0.15) is 0 Å². The number of likely N-dealkylation sites (N-methyl/N-ethyl adjacent to an activating group) is 1. The molecule has 5 heteroatoms. The third-order valence-corrected chi connectivity index (χ3v) is 5.63. The molecule has 4 nitrogen and oxygen atoms in total. The van der Waals surface area contributed by atoms with Gasteiger partial charge in [0.15, 0.2) is 0 Å². The lowest BCUT2D eigenvalue weighted by Gasteiger charge is -2.41. The summed E-state index contributed by atoms with van der Waals surface area (Å²) in [6.07, 6.45) is 1.74. The smallest absolute Gasteiger partial charge is 0.227 e. The molecule has 2 unspecified atom stereocenters. The van der Waals surface area contributed by atoms with E-state index >= 15 is 0 Å². The fourth-order valence-corrected chi connectivity index (χ4v) is 4.05. The summed E-state index contributed by atoms with van der Waals surface area (Å²) in [6.45, 7) is 5.73. The number of piperidine rings is 1. The highest BCUT2D eigenvalue weighted by molar-refractivity contribution is 5.86. The van der Waals surface area contributed by atoms with Gasteiger partial charge in [-0.15, -0.1) is 0 Å². The van der Waals surface area contributed by atoms with Crippen molar-refractivity contribution in [2.75, 3.05) is 33.2 Å². The van der Waals surface area contributed by atoms with Gasteiger partial charge in [0.2, 0.25) is 5.91 Å². The number of rotatable bonds is 4. The quantitative estimate of drug-likeness (QED) is 0.888. The molecule has 1 aromatic rings. The molecule has 2 fully saturated rings. The van der Waals surface area contributed by atoms with Crippen LogP contribution in [0.5, 0.6) is 0 Å². The standard InChI is InChI=1S/C18H26FN3O/c1-13(20-2)12-22-9-7-18(8-10-22)16(11-21-17(18)23)14-3-5-15(19)6-4-14/h3-6,13,16,20H,7-12H2,1-2H3,(H,21,23). The summed E-state index contributed by atoms with van der Waals surface area (Å²) >= 11 is 0. The molecule has 1 spiro atoms. The molecule has 0 aromatic heterocycles. The maximum atomic E-state index is 13.2. The van der Waals surface area contributed by atoms with Crippen molar-refractivity contribution in [2.24, 2.45) is 5.41 Å². The first-order chi connectivity index (χ1) is 11.0. The zero-order valence-corrected chi connectivity index (χ0v) is 13.9. The average Bonchev–Trinajstić information content (AvgIpc) is 2.87. The topological polar surface area (TPSA) is 44.4 Å². The Morgan fingerprint density at radius 1 is 1.35 bits per heavy atom. The van der Waals surface area contributed by atoms with Crippen LogP contribution in [-0.2, 0) is 4.79 Å². The van der Waals surface area contributed by atoms with Crippen LogP contribution in [0.2, 0.25) is 0 Å². The monoisotopic (exact) mass is 319 g/mol. The van der Waals surface area contributed by atoms with E-state index in [0.717, 1.165) is 38.0 Å². The fourth-order valence-electron chi connectivity index (χ4n) is 4.05. The van der Waals surface area contributed by atoms with E-state index in [-0.39, 0.29) is 23.1 Å². The van der Waals surface area contributed by atoms with E-state index in [2.05, 4.69) is 22.5 Å². The Kier molecular flexibility index (Phi) is 4.69. The van der Waals surface area contributed by atoms with Crippen molar-refractivity contribution in [3.8, 4) is 0 Å². The molecule has 2 heterocycles. The van der Waals surface area contributed by atoms with Gasteiger partial charge in [-0.1, -0.05) is 12.1 Å². The second kappa shape index (κ2) is 6.57. The predicted molar refractivity (Wildman–Crippen MR) is 88.8 cm³/mol. The lowest BCUT2D eigenvalue weighted by Crippen LogP contribution is -2.48. The van der Waals surface area contributed by atoms with Crippen molar-refractivity contribution >= 4 is 5.91 Å². The zero-order chi connectivity index (χ0) is 16.4. The van der Waals surface area contributed by atoms with Crippen LogP contribution in [0.1, 0.15) is 31.2 Å². The number of carbonyl (C=O) groups is 1. The molecular weight excluding hydrogens is 293 g/mol. The summed E-state index contributed by atoms with van der Waals surface area (Å²) in [4.78, 5) is 15.0. The second-order valence-corrected chi connectivity index (χ2v) is 6.96. The largest absolute Gasteiger partial charge is 0.355 e. The normalized spacial score (nSPS) is 25.5. The maximum Gasteiger partial charge on any atom is 0.227 e. The van der Waals surface area contributed by atoms with Gasteiger partial charge in [-0.05, 0) is 57.6 Å². The third-order valence-electron chi connectivity index (χ3n) is 5.63. The van der Waals surface area contributed by atoms with Crippen molar-refractivity contribution in [3.63, 3.8) is 0 Å². The number of carbonyl (C=O) groups excluding carboxylic acids is 1. The Balaban J connectivity index is 1.74. The number of likely N-dealkylation sites (tertiary alicyclic amines) is 1. The van der Waals surface area contributed by atoms with Crippen molar-refractivity contribution in [2.45, 2.75) is 31.7 Å². The third kappa shape index (κ3) is 3.12. The summed E-state index contributed by atoms with van der Waals surface area (Å²) in [5.74, 6) is 0.101. The van der Waals surface area contributed by atoms with Crippen molar-refractivity contribution in [1.29, 1.82) is 0 Å². The van der Waals surface area contributed by atoms with Gasteiger partial charge in [0.25, 0.3) is 0 Å². The van der Waals surface area contributed by atoms with Crippen LogP contribution in [0.25, 0.3) is 0 Å². The predicted octanol–water partition coefficient (Wildman–Crippen LogP) is 1.73. The highest BCUT2D eigenvalue weighted by Gasteiger charge is 2.51.